The van der Waals surface area contributed by atoms with Gasteiger partial charge in [-0.1, -0.05) is 20.8 Å². The molecule has 2 N–H and O–H groups in total. The molecule has 166 valence electrons. The number of unbranched alkanes of at least 4 members (excludes halogenated alkanes) is 2. The first-order valence-electron chi connectivity index (χ1n) is 11.4. The van der Waals surface area contributed by atoms with Crippen LogP contribution in [0.2, 0.25) is 18.1 Å². The molecule has 0 amide bonds. The second-order valence-electron chi connectivity index (χ2n) is 10.8. The maximum Gasteiger partial charge on any atom is 0.191 e. The fourth-order valence-corrected chi connectivity index (χ4v) is 5.52. The maximum absolute atomic E-state index is 9.40. The molecule has 0 saturated carbocycles. The van der Waals surface area contributed by atoms with E-state index < -0.39 is 8.32 Å². The van der Waals surface area contributed by atoms with Crippen molar-refractivity contribution in [3.05, 3.63) is 0 Å². The number of nitrogens with zero attached hydrogens (tertiary/aromatic N) is 2. The van der Waals surface area contributed by atoms with Crippen LogP contribution in [-0.2, 0) is 4.43 Å². The van der Waals surface area contributed by atoms with Crippen LogP contribution in [0.15, 0.2) is 0 Å². The van der Waals surface area contributed by atoms with E-state index in [1.807, 2.05) is 0 Å². The van der Waals surface area contributed by atoms with E-state index in [1.165, 1.54) is 58.2 Å². The van der Waals surface area contributed by atoms with Gasteiger partial charge in [-0.05, 0) is 88.3 Å². The smallest absolute Gasteiger partial charge is 0.191 e. The second kappa shape index (κ2) is 10.4. The van der Waals surface area contributed by atoms with Gasteiger partial charge in [-0.2, -0.15) is 0 Å². The van der Waals surface area contributed by atoms with Crippen LogP contribution in [-0.4, -0.2) is 86.9 Å². The van der Waals surface area contributed by atoms with Crippen LogP contribution in [0.4, 0.5) is 0 Å². The van der Waals surface area contributed by atoms with Crippen molar-refractivity contribution in [2.45, 2.75) is 83.5 Å². The van der Waals surface area contributed by atoms with Crippen LogP contribution >= 0.6 is 0 Å². The highest BCUT2D eigenvalue weighted by molar-refractivity contribution is 6.74. The lowest BCUT2D eigenvalue weighted by atomic mass is 9.77. The van der Waals surface area contributed by atoms with Gasteiger partial charge in [0, 0.05) is 13.2 Å². The van der Waals surface area contributed by atoms with Crippen LogP contribution in [0.3, 0.4) is 0 Å². The standard InChI is InChI=1S/C22H46N2O3Si/c1-21(2,3)28(4,5)27-16-8-6-7-12-23-13-9-22(19-23)10-14-24(15-11-22)20(17-25)18-26/h20,25-26H,6-19H2,1-5H3. The minimum atomic E-state index is -1.58. The van der Waals surface area contributed by atoms with Gasteiger partial charge in [0.05, 0.1) is 19.3 Å². The van der Waals surface area contributed by atoms with Gasteiger partial charge in [0.2, 0.25) is 0 Å². The highest BCUT2D eigenvalue weighted by Gasteiger charge is 2.41. The number of hydrogen-bond donors (Lipinski definition) is 2. The molecular weight excluding hydrogens is 368 g/mol. The molecule has 2 fully saturated rings. The summed E-state index contributed by atoms with van der Waals surface area (Å²) in [6.45, 7) is 18.4. The van der Waals surface area contributed by atoms with E-state index in [0.717, 1.165) is 19.7 Å². The van der Waals surface area contributed by atoms with Crippen molar-refractivity contribution in [3.8, 4) is 0 Å². The molecule has 0 aromatic rings. The van der Waals surface area contributed by atoms with Gasteiger partial charge >= 0.3 is 0 Å². The van der Waals surface area contributed by atoms with Gasteiger partial charge in [0.1, 0.15) is 0 Å². The molecule has 6 heteroatoms. The lowest BCUT2D eigenvalue weighted by Gasteiger charge is -2.42. The molecule has 5 nitrogen and oxygen atoms in total. The Morgan fingerprint density at radius 1 is 0.964 bits per heavy atom. The number of hydrogen-bond acceptors (Lipinski definition) is 5. The van der Waals surface area contributed by atoms with Gasteiger partial charge in [0.15, 0.2) is 8.32 Å². The summed E-state index contributed by atoms with van der Waals surface area (Å²) in [6, 6.07) is -0.0663. The molecule has 2 aliphatic rings. The van der Waals surface area contributed by atoms with Crippen molar-refractivity contribution in [1.29, 1.82) is 0 Å². The Kier molecular flexibility index (Phi) is 8.99. The molecular formula is C22H46N2O3Si. The first-order valence-corrected chi connectivity index (χ1v) is 14.4. The van der Waals surface area contributed by atoms with Crippen LogP contribution < -0.4 is 0 Å². The number of aliphatic hydroxyl groups excluding tert-OH is 2. The monoisotopic (exact) mass is 414 g/mol. The summed E-state index contributed by atoms with van der Waals surface area (Å²) in [4.78, 5) is 4.94. The molecule has 0 radical (unpaired) electrons. The topological polar surface area (TPSA) is 56.2 Å². The first kappa shape index (κ1) is 24.3. The summed E-state index contributed by atoms with van der Waals surface area (Å²) in [5.41, 5.74) is 0.484. The summed E-state index contributed by atoms with van der Waals surface area (Å²) in [7, 11) is -1.58. The van der Waals surface area contributed by atoms with E-state index in [9.17, 15) is 10.2 Å². The predicted octanol–water partition coefficient (Wildman–Crippen LogP) is 3.32. The molecule has 2 rings (SSSR count). The molecule has 0 bridgehead atoms. The van der Waals surface area contributed by atoms with Crippen LogP contribution in [0.5, 0.6) is 0 Å². The Balaban J connectivity index is 1.60. The highest BCUT2D eigenvalue weighted by atomic mass is 28.4. The lowest BCUT2D eigenvalue weighted by molar-refractivity contribution is 0.0253. The number of piperidine rings is 1. The fraction of sp³-hybridized carbons (Fsp3) is 1.00. The van der Waals surface area contributed by atoms with E-state index >= 15 is 0 Å². The molecule has 1 spiro atoms. The Morgan fingerprint density at radius 3 is 2.14 bits per heavy atom. The van der Waals surface area contributed by atoms with Crippen molar-refractivity contribution in [1.82, 2.24) is 9.80 Å². The average molecular weight is 415 g/mol. The van der Waals surface area contributed by atoms with Crippen molar-refractivity contribution >= 4 is 8.32 Å². The van der Waals surface area contributed by atoms with Crippen molar-refractivity contribution in [2.75, 3.05) is 52.5 Å². The molecule has 0 aromatic carbocycles. The largest absolute Gasteiger partial charge is 0.417 e. The predicted molar refractivity (Wildman–Crippen MR) is 119 cm³/mol. The molecule has 2 aliphatic heterocycles. The molecule has 2 saturated heterocycles. The minimum absolute atomic E-state index is 0.0642. The Hall–Kier alpha value is 0.0169. The lowest BCUT2D eigenvalue weighted by Crippen LogP contribution is -2.48. The molecule has 28 heavy (non-hydrogen) atoms. The fourth-order valence-electron chi connectivity index (χ4n) is 4.44. The third kappa shape index (κ3) is 6.51. The van der Waals surface area contributed by atoms with Gasteiger partial charge < -0.3 is 19.5 Å². The zero-order valence-corrected chi connectivity index (χ0v) is 20.2. The molecule has 0 atom stereocenters. The Bertz CT molecular complexity index is 455. The van der Waals surface area contributed by atoms with E-state index in [1.54, 1.807) is 0 Å². The number of aliphatic hydroxyl groups is 2. The summed E-state index contributed by atoms with van der Waals surface area (Å²) < 4.78 is 6.29. The number of rotatable bonds is 10. The first-order chi connectivity index (χ1) is 13.1. The van der Waals surface area contributed by atoms with Gasteiger partial charge in [-0.15, -0.1) is 0 Å². The summed E-state index contributed by atoms with van der Waals surface area (Å²) in [5.74, 6) is 0. The van der Waals surface area contributed by atoms with Crippen LogP contribution in [0, 0.1) is 5.41 Å². The Morgan fingerprint density at radius 2 is 1.57 bits per heavy atom. The number of likely N-dealkylation sites (tertiary alicyclic amines) is 2. The molecule has 2 heterocycles. The SMILES string of the molecule is CC(C)(C)[Si](C)(C)OCCCCCN1CCC2(CCN(C(CO)CO)CC2)C1. The van der Waals surface area contributed by atoms with E-state index in [0.29, 0.717) is 10.5 Å². The quantitative estimate of drug-likeness (QED) is 0.424. The van der Waals surface area contributed by atoms with Crippen LogP contribution in [0.25, 0.3) is 0 Å². The summed E-state index contributed by atoms with van der Waals surface area (Å²) in [6.07, 6.45) is 7.46. The Labute approximate surface area is 174 Å². The van der Waals surface area contributed by atoms with E-state index in [4.69, 9.17) is 4.43 Å². The van der Waals surface area contributed by atoms with E-state index in [-0.39, 0.29) is 19.3 Å². The summed E-state index contributed by atoms with van der Waals surface area (Å²) in [5, 5.41) is 19.1. The van der Waals surface area contributed by atoms with Gasteiger partial charge in [0.25, 0.3) is 0 Å². The van der Waals surface area contributed by atoms with Gasteiger partial charge in [-0.25, -0.2) is 0 Å². The average Bonchev–Trinajstić information content (AvgIpc) is 3.02. The third-order valence-corrected chi connectivity index (χ3v) is 12.2. The van der Waals surface area contributed by atoms with Crippen LogP contribution in [0.1, 0.15) is 59.3 Å². The minimum Gasteiger partial charge on any atom is -0.417 e. The second-order valence-corrected chi connectivity index (χ2v) is 15.6. The molecule has 0 unspecified atom stereocenters. The summed E-state index contributed by atoms with van der Waals surface area (Å²) >= 11 is 0. The van der Waals surface area contributed by atoms with Crippen molar-refractivity contribution in [2.24, 2.45) is 5.41 Å². The normalized spacial score (nSPS) is 21.9. The molecule has 0 aromatic heterocycles. The molecule has 0 aliphatic carbocycles. The maximum atomic E-state index is 9.40. The van der Waals surface area contributed by atoms with Crippen molar-refractivity contribution in [3.63, 3.8) is 0 Å². The zero-order valence-electron chi connectivity index (χ0n) is 19.2. The zero-order chi connectivity index (χ0) is 20.8. The third-order valence-electron chi connectivity index (χ3n) is 7.70. The van der Waals surface area contributed by atoms with Gasteiger partial charge in [-0.3, -0.25) is 4.90 Å². The van der Waals surface area contributed by atoms with Crippen molar-refractivity contribution < 1.29 is 14.6 Å². The van der Waals surface area contributed by atoms with E-state index in [2.05, 4.69) is 43.7 Å². The highest BCUT2D eigenvalue weighted by Crippen LogP contribution is 2.41.